The maximum atomic E-state index is 11.2. The van der Waals surface area contributed by atoms with Crippen molar-refractivity contribution in [2.75, 3.05) is 0 Å². The fraction of sp³-hybridized carbons (Fsp3) is 0.231. The molecule has 0 amide bonds. The summed E-state index contributed by atoms with van der Waals surface area (Å²) in [5.74, 6) is -1.22. The summed E-state index contributed by atoms with van der Waals surface area (Å²) < 4.78 is 6.81. The van der Waals surface area contributed by atoms with E-state index in [0.717, 1.165) is 0 Å². The van der Waals surface area contributed by atoms with Gasteiger partial charge in [0.25, 0.3) is 5.88 Å². The minimum Gasteiger partial charge on any atom is -0.478 e. The van der Waals surface area contributed by atoms with Gasteiger partial charge in [0.15, 0.2) is 0 Å². The summed E-state index contributed by atoms with van der Waals surface area (Å²) in [6.45, 7) is 3.62. The zero-order valence-corrected chi connectivity index (χ0v) is 11.4. The van der Waals surface area contributed by atoms with Gasteiger partial charge in [-0.15, -0.1) is 0 Å². The fourth-order valence-electron chi connectivity index (χ4n) is 1.91. The minimum atomic E-state index is -1.17. The summed E-state index contributed by atoms with van der Waals surface area (Å²) in [7, 11) is 0. The number of carboxylic acid groups (broad SMARTS) is 1. The first kappa shape index (κ1) is 14.5. The van der Waals surface area contributed by atoms with Crippen LogP contribution in [0.4, 0.5) is 5.69 Å². The molecule has 2 aromatic rings. The first-order valence-corrected chi connectivity index (χ1v) is 6.17. The van der Waals surface area contributed by atoms with Gasteiger partial charge in [-0.1, -0.05) is 12.1 Å². The number of carboxylic acids is 1. The SMILES string of the molecule is CCn1nc(C)c([N+](=O)[O-])c1Oc1ccccc1C(=O)O. The highest BCUT2D eigenvalue weighted by atomic mass is 16.6. The lowest BCUT2D eigenvalue weighted by atomic mass is 10.2. The van der Waals surface area contributed by atoms with Crippen LogP contribution in [0.25, 0.3) is 0 Å². The number of benzene rings is 1. The molecule has 0 atom stereocenters. The van der Waals surface area contributed by atoms with E-state index in [1.54, 1.807) is 19.1 Å². The number of aromatic nitrogens is 2. The molecule has 0 radical (unpaired) electrons. The monoisotopic (exact) mass is 291 g/mol. The van der Waals surface area contributed by atoms with Crippen molar-refractivity contribution in [3.8, 4) is 11.6 Å². The maximum absolute atomic E-state index is 11.2. The van der Waals surface area contributed by atoms with Crippen molar-refractivity contribution >= 4 is 11.7 Å². The Labute approximate surface area is 119 Å². The summed E-state index contributed by atoms with van der Waals surface area (Å²) in [4.78, 5) is 21.7. The second kappa shape index (κ2) is 5.61. The summed E-state index contributed by atoms with van der Waals surface area (Å²) in [5, 5.41) is 24.3. The van der Waals surface area contributed by atoms with Gasteiger partial charge in [-0.3, -0.25) is 10.1 Å². The van der Waals surface area contributed by atoms with Crippen LogP contribution >= 0.6 is 0 Å². The Kier molecular flexibility index (Phi) is 3.88. The second-order valence-corrected chi connectivity index (χ2v) is 4.22. The number of carbonyl (C=O) groups is 1. The lowest BCUT2D eigenvalue weighted by Crippen LogP contribution is -2.04. The van der Waals surface area contributed by atoms with E-state index in [9.17, 15) is 14.9 Å². The number of ether oxygens (including phenoxy) is 1. The van der Waals surface area contributed by atoms with Crippen molar-refractivity contribution in [2.45, 2.75) is 20.4 Å². The topological polar surface area (TPSA) is 107 Å². The molecule has 21 heavy (non-hydrogen) atoms. The van der Waals surface area contributed by atoms with Crippen molar-refractivity contribution in [3.63, 3.8) is 0 Å². The van der Waals surface area contributed by atoms with Crippen molar-refractivity contribution in [1.29, 1.82) is 0 Å². The Morgan fingerprint density at radius 3 is 2.71 bits per heavy atom. The van der Waals surface area contributed by atoms with E-state index < -0.39 is 10.9 Å². The third-order valence-electron chi connectivity index (χ3n) is 2.86. The zero-order chi connectivity index (χ0) is 15.6. The van der Waals surface area contributed by atoms with Crippen LogP contribution in [-0.2, 0) is 6.54 Å². The Hall–Kier alpha value is -2.90. The van der Waals surface area contributed by atoms with E-state index in [0.29, 0.717) is 6.54 Å². The molecule has 0 fully saturated rings. The molecule has 1 aromatic carbocycles. The number of hydrogen-bond acceptors (Lipinski definition) is 5. The van der Waals surface area contributed by atoms with Crippen molar-refractivity contribution < 1.29 is 19.6 Å². The van der Waals surface area contributed by atoms with Gasteiger partial charge in [-0.2, -0.15) is 5.10 Å². The number of rotatable bonds is 5. The van der Waals surface area contributed by atoms with Gasteiger partial charge in [-0.25, -0.2) is 9.48 Å². The molecule has 0 aliphatic rings. The lowest BCUT2D eigenvalue weighted by molar-refractivity contribution is -0.386. The average Bonchev–Trinajstić information content (AvgIpc) is 2.75. The molecule has 1 heterocycles. The minimum absolute atomic E-state index is 0.0303. The van der Waals surface area contributed by atoms with E-state index in [4.69, 9.17) is 9.84 Å². The summed E-state index contributed by atoms with van der Waals surface area (Å²) in [6.07, 6.45) is 0. The molecule has 1 aromatic heterocycles. The van der Waals surface area contributed by atoms with Gasteiger partial charge >= 0.3 is 11.7 Å². The second-order valence-electron chi connectivity index (χ2n) is 4.22. The molecule has 0 aliphatic heterocycles. The maximum Gasteiger partial charge on any atom is 0.353 e. The fourth-order valence-corrected chi connectivity index (χ4v) is 1.91. The Balaban J connectivity index is 2.54. The molecule has 8 heteroatoms. The molecule has 0 unspecified atom stereocenters. The van der Waals surface area contributed by atoms with Gasteiger partial charge in [0.1, 0.15) is 17.0 Å². The van der Waals surface area contributed by atoms with Gasteiger partial charge in [0, 0.05) is 6.54 Å². The third-order valence-corrected chi connectivity index (χ3v) is 2.86. The number of aromatic carboxylic acids is 1. The van der Waals surface area contributed by atoms with Gasteiger partial charge in [-0.05, 0) is 26.0 Å². The number of para-hydroxylation sites is 1. The molecule has 0 spiro atoms. The molecule has 0 bridgehead atoms. The van der Waals surface area contributed by atoms with Gasteiger partial charge in [0.05, 0.1) is 4.92 Å². The molecule has 110 valence electrons. The smallest absolute Gasteiger partial charge is 0.353 e. The highest BCUT2D eigenvalue weighted by molar-refractivity contribution is 5.90. The molecule has 8 nitrogen and oxygen atoms in total. The first-order chi connectivity index (χ1) is 9.95. The third kappa shape index (κ3) is 2.69. The number of nitrogens with zero attached hydrogens (tertiary/aromatic N) is 3. The van der Waals surface area contributed by atoms with Crippen LogP contribution in [-0.4, -0.2) is 25.8 Å². The van der Waals surface area contributed by atoms with E-state index >= 15 is 0 Å². The molecule has 0 aliphatic carbocycles. The molecule has 0 saturated carbocycles. The van der Waals surface area contributed by atoms with Crippen LogP contribution in [0.5, 0.6) is 11.6 Å². The molecule has 2 rings (SSSR count). The van der Waals surface area contributed by atoms with E-state index in [-0.39, 0.29) is 28.6 Å². The van der Waals surface area contributed by atoms with Crippen LogP contribution in [0.1, 0.15) is 23.0 Å². The van der Waals surface area contributed by atoms with Crippen molar-refractivity contribution in [3.05, 3.63) is 45.6 Å². The Morgan fingerprint density at radius 2 is 2.14 bits per heavy atom. The first-order valence-electron chi connectivity index (χ1n) is 6.17. The average molecular weight is 291 g/mol. The van der Waals surface area contributed by atoms with Crippen LogP contribution in [0.3, 0.4) is 0 Å². The standard InChI is InChI=1S/C13H13N3O5/c1-3-15-12(11(16(19)20)8(2)14-15)21-10-7-5-4-6-9(10)13(17)18/h4-7H,3H2,1-2H3,(H,17,18). The van der Waals surface area contributed by atoms with Crippen LogP contribution in [0.2, 0.25) is 0 Å². The predicted octanol–water partition coefficient (Wildman–Crippen LogP) is 2.61. The van der Waals surface area contributed by atoms with E-state index in [2.05, 4.69) is 5.10 Å². The quantitative estimate of drug-likeness (QED) is 0.670. The molecular weight excluding hydrogens is 278 g/mol. The predicted molar refractivity (Wildman–Crippen MR) is 72.8 cm³/mol. The van der Waals surface area contributed by atoms with Gasteiger partial charge in [0.2, 0.25) is 0 Å². The largest absolute Gasteiger partial charge is 0.478 e. The molecule has 1 N–H and O–H groups in total. The van der Waals surface area contributed by atoms with Crippen LogP contribution < -0.4 is 4.74 Å². The summed E-state index contributed by atoms with van der Waals surface area (Å²) in [6, 6.07) is 5.94. The number of hydrogen-bond donors (Lipinski definition) is 1. The van der Waals surface area contributed by atoms with Crippen LogP contribution in [0, 0.1) is 17.0 Å². The van der Waals surface area contributed by atoms with Gasteiger partial charge < -0.3 is 9.84 Å². The van der Waals surface area contributed by atoms with Crippen molar-refractivity contribution in [1.82, 2.24) is 9.78 Å². The molecular formula is C13H13N3O5. The lowest BCUT2D eigenvalue weighted by Gasteiger charge is -2.08. The van der Waals surface area contributed by atoms with E-state index in [1.165, 1.54) is 23.7 Å². The Morgan fingerprint density at radius 1 is 1.48 bits per heavy atom. The Bertz CT molecular complexity index is 708. The van der Waals surface area contributed by atoms with Crippen molar-refractivity contribution in [2.24, 2.45) is 0 Å². The highest BCUT2D eigenvalue weighted by Crippen LogP contribution is 2.35. The number of nitro groups is 1. The van der Waals surface area contributed by atoms with E-state index in [1.807, 2.05) is 0 Å². The highest BCUT2D eigenvalue weighted by Gasteiger charge is 2.28. The molecule has 0 saturated heterocycles. The summed E-state index contributed by atoms with van der Waals surface area (Å²) >= 11 is 0. The zero-order valence-electron chi connectivity index (χ0n) is 11.4. The van der Waals surface area contributed by atoms with Crippen LogP contribution in [0.15, 0.2) is 24.3 Å². The normalized spacial score (nSPS) is 10.4. The number of aryl methyl sites for hydroxylation is 2. The summed E-state index contributed by atoms with van der Waals surface area (Å²) in [5.41, 5.74) is -0.130.